The number of nitrogens with zero attached hydrogens (tertiary/aromatic N) is 4. The SMILES string of the molecule is Brc1ccccc1NNC(=Nc1ccccc1)c1ccccc1.C.Cl/C(=N\Nc1ccccc1Br)c1ccccc1.O=C(O)CNc1cccc(-c2ccccc2N2NN(c3ccccc3)C(c3ccccc3)C2=O)c1. The first-order chi connectivity index (χ1) is 36.7. The number of carbonyl (C=O) groups is 2. The normalized spacial score (nSPS) is 12.9. The van der Waals surface area contributed by atoms with Crippen molar-refractivity contribution in [3.8, 4) is 11.1 Å². The Labute approximate surface area is 465 Å². The van der Waals surface area contributed by atoms with E-state index in [4.69, 9.17) is 21.7 Å². The third-order valence-corrected chi connectivity index (χ3v) is 12.9. The van der Waals surface area contributed by atoms with Crippen molar-refractivity contribution in [2.75, 3.05) is 32.7 Å². The summed E-state index contributed by atoms with van der Waals surface area (Å²) in [4.78, 5) is 29.5. The number of nitrogens with one attached hydrogen (secondary N) is 5. The lowest BCUT2D eigenvalue weighted by Crippen LogP contribution is -2.41. The zero-order chi connectivity index (χ0) is 52.2. The fraction of sp³-hybridized carbons (Fsp3) is 0.0492. The molecule has 0 radical (unpaired) electrons. The number of amidine groups is 1. The smallest absolute Gasteiger partial charge is 0.322 e. The molecule has 1 aliphatic rings. The second-order valence-electron chi connectivity index (χ2n) is 16.4. The minimum Gasteiger partial charge on any atom is -0.480 e. The highest BCUT2D eigenvalue weighted by atomic mass is 79.9. The van der Waals surface area contributed by atoms with Crippen LogP contribution >= 0.6 is 43.5 Å². The predicted molar refractivity (Wildman–Crippen MR) is 320 cm³/mol. The Kier molecular flexibility index (Phi) is 20.5. The number of hydrazine groups is 3. The number of hydrogen-bond acceptors (Lipinski definition) is 9. The maximum absolute atomic E-state index is 13.9. The third-order valence-electron chi connectivity index (χ3n) is 11.2. The van der Waals surface area contributed by atoms with Gasteiger partial charge < -0.3 is 10.4 Å². The fourth-order valence-corrected chi connectivity index (χ4v) is 8.54. The van der Waals surface area contributed by atoms with Crippen molar-refractivity contribution in [2.24, 2.45) is 10.1 Å². The van der Waals surface area contributed by atoms with Crippen LogP contribution < -0.4 is 37.1 Å². The fourth-order valence-electron chi connectivity index (χ4n) is 7.61. The number of anilines is 5. The molecule has 1 saturated heterocycles. The maximum Gasteiger partial charge on any atom is 0.322 e. The number of amides is 1. The van der Waals surface area contributed by atoms with Gasteiger partial charge in [0, 0.05) is 31.3 Å². The maximum atomic E-state index is 13.9. The summed E-state index contributed by atoms with van der Waals surface area (Å²) in [5.41, 5.74) is 22.1. The number of benzene rings is 9. The molecule has 1 fully saturated rings. The van der Waals surface area contributed by atoms with Crippen LogP contribution in [-0.4, -0.2) is 34.5 Å². The zero-order valence-electron chi connectivity index (χ0n) is 40.1. The van der Waals surface area contributed by atoms with E-state index in [0.717, 1.165) is 65.3 Å². The number of halogens is 3. The quantitative estimate of drug-likeness (QED) is 0.0356. The zero-order valence-corrected chi connectivity index (χ0v) is 44.1. The molecular weight excluding hydrogens is 1100 g/mol. The van der Waals surface area contributed by atoms with Gasteiger partial charge in [-0.1, -0.05) is 201 Å². The molecule has 0 aliphatic carbocycles. The Morgan fingerprint density at radius 2 is 1.16 bits per heavy atom. The van der Waals surface area contributed by atoms with E-state index in [1.165, 1.54) is 0 Å². The van der Waals surface area contributed by atoms with Crippen molar-refractivity contribution in [3.63, 3.8) is 0 Å². The molecule has 12 nitrogen and oxygen atoms in total. The first-order valence-corrected chi connectivity index (χ1v) is 25.6. The molecule has 1 amide bonds. The summed E-state index contributed by atoms with van der Waals surface area (Å²) in [5.74, 6) is -0.282. The van der Waals surface area contributed by atoms with E-state index in [-0.39, 0.29) is 19.9 Å². The third kappa shape index (κ3) is 15.3. The number of hydrazone groups is 1. The molecule has 1 atom stereocenters. The lowest BCUT2D eigenvalue weighted by atomic mass is 10.0. The summed E-state index contributed by atoms with van der Waals surface area (Å²) in [6.07, 6.45) is 0. The number of aliphatic imine (C=N–C) groups is 1. The standard InChI is InChI=1S/C28H24N4O3.C19H16BrN3.C13H10BrClN2.CH4/c33-26(34)19-29-22-13-9-12-21(18-22)24-16-7-8-17-25(24)32-28(35)27(20-10-3-1-4-11-20)31(30-32)23-14-5-2-6-15-23;20-17-13-7-8-14-18(17)22-23-19(15-9-3-1-4-10-15)21-16-11-5-2-6-12-16;14-11-8-4-5-9-12(11)16-17-13(15)10-6-2-1-3-7-10;/h1-18,27,29-30H,19H2,(H,33,34);1-14,22H,(H,21,23);1-9,16H;1H4/b;;17-13-;. The highest BCUT2D eigenvalue weighted by Gasteiger charge is 2.41. The molecule has 1 heterocycles. The number of para-hydroxylation sites is 5. The van der Waals surface area contributed by atoms with Gasteiger partial charge >= 0.3 is 5.97 Å². The molecule has 382 valence electrons. The highest BCUT2D eigenvalue weighted by molar-refractivity contribution is 9.11. The van der Waals surface area contributed by atoms with Crippen molar-refractivity contribution in [1.29, 1.82) is 0 Å². The van der Waals surface area contributed by atoms with Crippen molar-refractivity contribution >= 4 is 100 Å². The summed E-state index contributed by atoms with van der Waals surface area (Å²) in [5, 5.41) is 19.9. The number of carboxylic acid groups (broad SMARTS) is 1. The van der Waals surface area contributed by atoms with E-state index in [2.05, 4.69) is 64.1 Å². The van der Waals surface area contributed by atoms with E-state index in [1.807, 2.05) is 254 Å². The molecule has 9 aromatic carbocycles. The molecule has 6 N–H and O–H groups in total. The van der Waals surface area contributed by atoms with Gasteiger partial charge in [-0.25, -0.2) is 10.0 Å². The lowest BCUT2D eigenvalue weighted by molar-refractivity contribution is -0.135. The number of carboxylic acids is 1. The Morgan fingerprint density at radius 3 is 1.79 bits per heavy atom. The van der Waals surface area contributed by atoms with E-state index in [0.29, 0.717) is 16.5 Å². The molecule has 10 rings (SSSR count). The van der Waals surface area contributed by atoms with E-state index in [9.17, 15) is 9.59 Å². The van der Waals surface area contributed by atoms with Crippen LogP contribution in [0.4, 0.5) is 34.1 Å². The van der Waals surface area contributed by atoms with Gasteiger partial charge in [-0.2, -0.15) is 5.10 Å². The van der Waals surface area contributed by atoms with Crippen LogP contribution in [0, 0.1) is 0 Å². The van der Waals surface area contributed by atoms with Crippen LogP contribution in [0.2, 0.25) is 0 Å². The molecule has 0 spiro atoms. The van der Waals surface area contributed by atoms with Gasteiger partial charge in [-0.15, -0.1) is 5.53 Å². The molecule has 9 aromatic rings. The minimum absolute atomic E-state index is 0. The number of carbonyl (C=O) groups excluding carboxylic acids is 1. The number of hydrogen-bond donors (Lipinski definition) is 6. The van der Waals surface area contributed by atoms with Crippen LogP contribution in [-0.2, 0) is 9.59 Å². The van der Waals surface area contributed by atoms with Crippen LogP contribution in [0.25, 0.3) is 11.1 Å². The van der Waals surface area contributed by atoms with Crippen molar-refractivity contribution in [3.05, 3.63) is 274 Å². The van der Waals surface area contributed by atoms with E-state index in [1.54, 1.807) is 5.01 Å². The van der Waals surface area contributed by atoms with Crippen molar-refractivity contribution in [2.45, 2.75) is 13.5 Å². The van der Waals surface area contributed by atoms with Crippen LogP contribution in [0.3, 0.4) is 0 Å². The monoisotopic (exact) mass is 1150 g/mol. The summed E-state index contributed by atoms with van der Waals surface area (Å²) in [7, 11) is 0. The molecule has 1 unspecified atom stereocenters. The van der Waals surface area contributed by atoms with Crippen LogP contribution in [0.15, 0.2) is 268 Å². The second kappa shape index (κ2) is 28.2. The summed E-state index contributed by atoms with van der Waals surface area (Å²) >= 11 is 13.0. The predicted octanol–water partition coefficient (Wildman–Crippen LogP) is 15.1. The average molecular weight is 1160 g/mol. The highest BCUT2D eigenvalue weighted by Crippen LogP contribution is 2.38. The summed E-state index contributed by atoms with van der Waals surface area (Å²) < 4.78 is 1.93. The molecule has 15 heteroatoms. The summed E-state index contributed by atoms with van der Waals surface area (Å²) in [6.45, 7) is -0.179. The molecular formula is C61H54Br2ClN9O3. The molecule has 76 heavy (non-hydrogen) atoms. The largest absolute Gasteiger partial charge is 0.480 e. The first-order valence-electron chi connectivity index (χ1n) is 23.6. The van der Waals surface area contributed by atoms with Gasteiger partial charge in [-0.05, 0) is 110 Å². The van der Waals surface area contributed by atoms with Gasteiger partial charge in [0.05, 0.1) is 28.4 Å². The van der Waals surface area contributed by atoms with E-state index < -0.39 is 12.0 Å². The topological polar surface area (TPSA) is 146 Å². The van der Waals surface area contributed by atoms with Crippen molar-refractivity contribution in [1.82, 2.24) is 11.0 Å². The minimum atomic E-state index is -0.935. The molecule has 0 aromatic heterocycles. The Hall–Kier alpha value is -8.53. The van der Waals surface area contributed by atoms with Gasteiger partial charge in [0.25, 0.3) is 5.91 Å². The van der Waals surface area contributed by atoms with E-state index >= 15 is 0 Å². The lowest BCUT2D eigenvalue weighted by Gasteiger charge is -2.25. The van der Waals surface area contributed by atoms with Crippen LogP contribution in [0.1, 0.15) is 30.2 Å². The number of aliphatic carboxylic acids is 1. The van der Waals surface area contributed by atoms with Gasteiger partial charge in [0.1, 0.15) is 6.54 Å². The Morgan fingerprint density at radius 1 is 0.618 bits per heavy atom. The average Bonchev–Trinajstić information content (AvgIpc) is 3.84. The van der Waals surface area contributed by atoms with Gasteiger partial charge in [0.15, 0.2) is 17.0 Å². The summed E-state index contributed by atoms with van der Waals surface area (Å²) in [6, 6.07) is 79.2. The first kappa shape index (κ1) is 55.2. The molecule has 1 aliphatic heterocycles. The van der Waals surface area contributed by atoms with Gasteiger partial charge in [-0.3, -0.25) is 30.9 Å². The molecule has 0 bridgehead atoms. The van der Waals surface area contributed by atoms with Crippen molar-refractivity contribution < 1.29 is 14.7 Å². The Bertz CT molecular complexity index is 3340. The molecule has 0 saturated carbocycles. The van der Waals surface area contributed by atoms with Gasteiger partial charge in [0.2, 0.25) is 0 Å². The van der Waals surface area contributed by atoms with Crippen LogP contribution in [0.5, 0.6) is 0 Å². The number of rotatable bonds is 14. The Balaban J connectivity index is 0.000000177. The second-order valence-corrected chi connectivity index (χ2v) is 18.5.